The van der Waals surface area contributed by atoms with Gasteiger partial charge in [0, 0.05) is 30.6 Å². The average molecular weight is 279 g/mol. The van der Waals surface area contributed by atoms with Crippen molar-refractivity contribution in [1.82, 2.24) is 9.97 Å². The van der Waals surface area contributed by atoms with Crippen molar-refractivity contribution in [2.75, 3.05) is 12.4 Å². The molecule has 0 amide bonds. The van der Waals surface area contributed by atoms with E-state index in [2.05, 4.69) is 35.6 Å². The summed E-state index contributed by atoms with van der Waals surface area (Å²) in [6.07, 6.45) is 6.14. The van der Waals surface area contributed by atoms with Crippen LogP contribution in [0.1, 0.15) is 60.2 Å². The molecule has 1 unspecified atom stereocenters. The summed E-state index contributed by atoms with van der Waals surface area (Å²) in [7, 11) is 1.94. The highest BCUT2D eigenvalue weighted by atomic mass is 15.0. The molecule has 1 saturated carbocycles. The molecule has 2 aliphatic rings. The average Bonchev–Trinajstić information content (AvgIpc) is 3.39. The topological polar surface area (TPSA) is 37.8 Å². The molecule has 2 aliphatic carbocycles. The van der Waals surface area contributed by atoms with Crippen molar-refractivity contribution in [3.05, 3.63) is 53.0 Å². The zero-order valence-electron chi connectivity index (χ0n) is 12.5. The molecule has 21 heavy (non-hydrogen) atoms. The maximum Gasteiger partial charge on any atom is 0.138 e. The second-order valence-electron chi connectivity index (χ2n) is 6.20. The zero-order valence-corrected chi connectivity index (χ0v) is 12.5. The Morgan fingerprint density at radius 3 is 2.76 bits per heavy atom. The van der Waals surface area contributed by atoms with Crippen molar-refractivity contribution in [3.63, 3.8) is 0 Å². The normalized spacial score (nSPS) is 20.9. The quantitative estimate of drug-likeness (QED) is 0.927. The first kappa shape index (κ1) is 12.8. The molecule has 1 aromatic carbocycles. The number of fused-ring (bicyclic) bond motifs is 1. The van der Waals surface area contributed by atoms with Crippen LogP contribution in [0.25, 0.3) is 0 Å². The predicted molar refractivity (Wildman–Crippen MR) is 84.8 cm³/mol. The number of anilines is 1. The molecular formula is C18H21N3. The highest BCUT2D eigenvalue weighted by molar-refractivity contribution is 5.41. The Morgan fingerprint density at radius 1 is 1.10 bits per heavy atom. The van der Waals surface area contributed by atoms with E-state index in [9.17, 15) is 0 Å². The minimum absolute atomic E-state index is 0.362. The van der Waals surface area contributed by atoms with Gasteiger partial charge in [0.05, 0.1) is 0 Å². The van der Waals surface area contributed by atoms with Crippen molar-refractivity contribution in [1.29, 1.82) is 0 Å². The van der Waals surface area contributed by atoms with E-state index in [-0.39, 0.29) is 0 Å². The van der Waals surface area contributed by atoms with Crippen LogP contribution < -0.4 is 5.32 Å². The minimum atomic E-state index is 0.362. The summed E-state index contributed by atoms with van der Waals surface area (Å²) in [4.78, 5) is 9.68. The van der Waals surface area contributed by atoms with Crippen LogP contribution in [0.15, 0.2) is 30.3 Å². The summed E-state index contributed by atoms with van der Waals surface area (Å²) in [6, 6.07) is 10.9. The summed E-state index contributed by atoms with van der Waals surface area (Å²) in [5, 5.41) is 3.20. The van der Waals surface area contributed by atoms with Gasteiger partial charge in [0.1, 0.15) is 11.6 Å². The molecule has 0 spiro atoms. The fourth-order valence-electron chi connectivity index (χ4n) is 3.38. The third kappa shape index (κ3) is 2.41. The molecule has 3 heteroatoms. The molecule has 1 heterocycles. The second-order valence-corrected chi connectivity index (χ2v) is 6.20. The van der Waals surface area contributed by atoms with Gasteiger partial charge in [-0.15, -0.1) is 0 Å². The SMILES string of the molecule is CNc1cc(C2CC2)nc(C2CCCc3ccccc32)n1. The van der Waals surface area contributed by atoms with Gasteiger partial charge in [-0.05, 0) is 43.2 Å². The maximum atomic E-state index is 4.91. The molecule has 0 radical (unpaired) electrons. The molecule has 108 valence electrons. The summed E-state index contributed by atoms with van der Waals surface area (Å²) in [6.45, 7) is 0. The van der Waals surface area contributed by atoms with Gasteiger partial charge < -0.3 is 5.32 Å². The number of hydrogen-bond donors (Lipinski definition) is 1. The van der Waals surface area contributed by atoms with Crippen LogP contribution in [0.4, 0.5) is 5.82 Å². The molecule has 0 saturated heterocycles. The molecule has 3 nitrogen and oxygen atoms in total. The van der Waals surface area contributed by atoms with E-state index in [0.717, 1.165) is 18.1 Å². The van der Waals surface area contributed by atoms with Crippen LogP contribution in [0.2, 0.25) is 0 Å². The van der Waals surface area contributed by atoms with Crippen LogP contribution in [-0.2, 0) is 6.42 Å². The van der Waals surface area contributed by atoms with Crippen molar-refractivity contribution in [2.24, 2.45) is 0 Å². The number of aryl methyl sites for hydroxylation is 1. The fraction of sp³-hybridized carbons (Fsp3) is 0.444. The molecule has 2 aromatic rings. The van der Waals surface area contributed by atoms with Gasteiger partial charge in [-0.25, -0.2) is 9.97 Å². The molecule has 4 rings (SSSR count). The van der Waals surface area contributed by atoms with Crippen LogP contribution in [0.5, 0.6) is 0 Å². The molecule has 1 N–H and O–H groups in total. The van der Waals surface area contributed by atoms with E-state index in [4.69, 9.17) is 9.97 Å². The number of nitrogens with one attached hydrogen (secondary N) is 1. The highest BCUT2D eigenvalue weighted by Crippen LogP contribution is 2.41. The molecule has 0 bridgehead atoms. The van der Waals surface area contributed by atoms with E-state index in [1.54, 1.807) is 0 Å². The monoisotopic (exact) mass is 279 g/mol. The number of nitrogens with zero attached hydrogens (tertiary/aromatic N) is 2. The number of hydrogen-bond acceptors (Lipinski definition) is 3. The van der Waals surface area contributed by atoms with E-state index in [1.165, 1.54) is 42.5 Å². The standard InChI is InChI=1S/C18H21N3/c1-19-17-11-16(13-9-10-13)20-18(21-17)15-8-4-6-12-5-2-3-7-14(12)15/h2-3,5,7,11,13,15H,4,6,8-10H2,1H3,(H,19,20,21). The van der Waals surface area contributed by atoms with Crippen molar-refractivity contribution in [3.8, 4) is 0 Å². The Bertz CT molecular complexity index is 661. The summed E-state index contributed by atoms with van der Waals surface area (Å²) in [5.74, 6) is 3.00. The molecule has 0 aliphatic heterocycles. The Kier molecular flexibility index (Phi) is 3.13. The Balaban J connectivity index is 1.78. The number of aromatic nitrogens is 2. The van der Waals surface area contributed by atoms with E-state index >= 15 is 0 Å². The van der Waals surface area contributed by atoms with Gasteiger partial charge in [-0.2, -0.15) is 0 Å². The lowest BCUT2D eigenvalue weighted by atomic mass is 9.82. The van der Waals surface area contributed by atoms with Gasteiger partial charge in [0.2, 0.25) is 0 Å². The fourth-order valence-corrected chi connectivity index (χ4v) is 3.38. The predicted octanol–water partition coefficient (Wildman–Crippen LogP) is 3.86. The smallest absolute Gasteiger partial charge is 0.138 e. The summed E-state index contributed by atoms with van der Waals surface area (Å²) in [5.41, 5.74) is 4.13. The molecule has 1 atom stereocenters. The van der Waals surface area contributed by atoms with Gasteiger partial charge in [-0.3, -0.25) is 0 Å². The Morgan fingerprint density at radius 2 is 1.95 bits per heavy atom. The van der Waals surface area contributed by atoms with Gasteiger partial charge >= 0.3 is 0 Å². The highest BCUT2D eigenvalue weighted by Gasteiger charge is 2.29. The van der Waals surface area contributed by atoms with Crippen molar-refractivity contribution in [2.45, 2.75) is 43.9 Å². The van der Waals surface area contributed by atoms with Crippen LogP contribution in [0.3, 0.4) is 0 Å². The van der Waals surface area contributed by atoms with E-state index < -0.39 is 0 Å². The van der Waals surface area contributed by atoms with Gasteiger partial charge in [0.25, 0.3) is 0 Å². The largest absolute Gasteiger partial charge is 0.373 e. The third-order valence-electron chi connectivity index (χ3n) is 4.70. The van der Waals surface area contributed by atoms with Crippen LogP contribution in [0, 0.1) is 0 Å². The molecule has 1 fully saturated rings. The Labute approximate surface area is 125 Å². The third-order valence-corrected chi connectivity index (χ3v) is 4.70. The van der Waals surface area contributed by atoms with Crippen molar-refractivity contribution >= 4 is 5.82 Å². The van der Waals surface area contributed by atoms with Gasteiger partial charge in [-0.1, -0.05) is 24.3 Å². The van der Waals surface area contributed by atoms with Gasteiger partial charge in [0.15, 0.2) is 0 Å². The summed E-state index contributed by atoms with van der Waals surface area (Å²) >= 11 is 0. The zero-order chi connectivity index (χ0) is 14.2. The number of benzene rings is 1. The lowest BCUT2D eigenvalue weighted by molar-refractivity contribution is 0.588. The summed E-state index contributed by atoms with van der Waals surface area (Å²) < 4.78 is 0. The van der Waals surface area contributed by atoms with Crippen LogP contribution in [-0.4, -0.2) is 17.0 Å². The Hall–Kier alpha value is -1.90. The first-order valence-electron chi connectivity index (χ1n) is 7.99. The number of rotatable bonds is 3. The van der Waals surface area contributed by atoms with Crippen LogP contribution >= 0.6 is 0 Å². The lowest BCUT2D eigenvalue weighted by Crippen LogP contribution is -2.15. The van der Waals surface area contributed by atoms with E-state index in [0.29, 0.717) is 11.8 Å². The lowest BCUT2D eigenvalue weighted by Gasteiger charge is -2.25. The minimum Gasteiger partial charge on any atom is -0.373 e. The molecular weight excluding hydrogens is 258 g/mol. The maximum absolute atomic E-state index is 4.91. The van der Waals surface area contributed by atoms with E-state index in [1.807, 2.05) is 7.05 Å². The molecule has 1 aromatic heterocycles. The first-order chi connectivity index (χ1) is 10.3. The first-order valence-corrected chi connectivity index (χ1v) is 7.99. The van der Waals surface area contributed by atoms with Crippen molar-refractivity contribution < 1.29 is 0 Å². The second kappa shape index (κ2) is 5.14.